The molecule has 0 spiro atoms. The molecule has 0 unspecified atom stereocenters. The SMILES string of the molecule is COc1cccc2c1CCN(C(=O)c1cn(CC(=O)NSc3c(C)c(F)c(F)c(F)c3F)c3ccc(Br)cc13)C2. The van der Waals surface area contributed by atoms with Gasteiger partial charge in [0.25, 0.3) is 5.91 Å². The number of rotatable bonds is 6. The molecule has 0 fully saturated rings. The summed E-state index contributed by atoms with van der Waals surface area (Å²) in [4.78, 5) is 27.6. The van der Waals surface area contributed by atoms with Gasteiger partial charge in [-0.25, -0.2) is 17.6 Å². The van der Waals surface area contributed by atoms with E-state index in [4.69, 9.17) is 4.74 Å². The predicted molar refractivity (Wildman–Crippen MR) is 146 cm³/mol. The normalized spacial score (nSPS) is 12.9. The standard InChI is InChI=1S/C28H22BrF4N3O3S/c1-14-23(30)24(31)25(32)26(33)27(14)40-34-22(37)13-36-12-19(18-10-16(29)6-7-20(18)36)28(38)35-9-8-17-15(11-35)4-3-5-21(17)39-2/h3-7,10,12H,8-9,11,13H2,1-2H3,(H,34,37). The number of carbonyl (C=O) groups excluding carboxylic acids is 2. The quantitative estimate of drug-likeness (QED) is 0.117. The van der Waals surface area contributed by atoms with Gasteiger partial charge in [0.2, 0.25) is 5.91 Å². The molecule has 0 atom stereocenters. The van der Waals surface area contributed by atoms with Crippen LogP contribution in [0.25, 0.3) is 10.9 Å². The largest absolute Gasteiger partial charge is 0.496 e. The first-order valence-corrected chi connectivity index (χ1v) is 13.7. The topological polar surface area (TPSA) is 63.6 Å². The van der Waals surface area contributed by atoms with E-state index in [0.717, 1.165) is 28.3 Å². The molecule has 6 nitrogen and oxygen atoms in total. The number of nitrogens with zero attached hydrogens (tertiary/aromatic N) is 2. The van der Waals surface area contributed by atoms with Gasteiger partial charge < -0.3 is 14.2 Å². The molecule has 2 amide bonds. The predicted octanol–water partition coefficient (Wildman–Crippen LogP) is 6.30. The zero-order chi connectivity index (χ0) is 28.7. The molecule has 5 rings (SSSR count). The van der Waals surface area contributed by atoms with Crippen LogP contribution >= 0.6 is 27.9 Å². The van der Waals surface area contributed by atoms with Crippen molar-refractivity contribution in [1.82, 2.24) is 14.2 Å². The van der Waals surface area contributed by atoms with E-state index in [1.807, 2.05) is 18.2 Å². The summed E-state index contributed by atoms with van der Waals surface area (Å²) in [5.74, 6) is -7.04. The van der Waals surface area contributed by atoms with Crippen molar-refractivity contribution in [3.63, 3.8) is 0 Å². The lowest BCUT2D eigenvalue weighted by atomic mass is 9.98. The summed E-state index contributed by atoms with van der Waals surface area (Å²) in [6.45, 7) is 1.70. The highest BCUT2D eigenvalue weighted by molar-refractivity contribution is 9.10. The number of benzene rings is 3. The average Bonchev–Trinajstić information content (AvgIpc) is 3.30. The Kier molecular flexibility index (Phi) is 7.83. The smallest absolute Gasteiger partial charge is 0.256 e. The molecule has 0 bridgehead atoms. The van der Waals surface area contributed by atoms with E-state index in [1.165, 1.54) is 0 Å². The van der Waals surface area contributed by atoms with Crippen LogP contribution in [0, 0.1) is 30.2 Å². The molecule has 1 aromatic heterocycles. The monoisotopic (exact) mass is 635 g/mol. The van der Waals surface area contributed by atoms with Crippen molar-refractivity contribution in [2.75, 3.05) is 13.7 Å². The number of methoxy groups -OCH3 is 1. The average molecular weight is 636 g/mol. The van der Waals surface area contributed by atoms with Crippen molar-refractivity contribution in [1.29, 1.82) is 0 Å². The maximum atomic E-state index is 14.2. The summed E-state index contributed by atoms with van der Waals surface area (Å²) in [6.07, 6.45) is 2.21. The van der Waals surface area contributed by atoms with Gasteiger partial charge in [-0.05, 0) is 55.1 Å². The molecule has 1 aliphatic heterocycles. The Morgan fingerprint density at radius 1 is 1.07 bits per heavy atom. The number of aromatic nitrogens is 1. The van der Waals surface area contributed by atoms with Crippen molar-refractivity contribution < 1.29 is 31.9 Å². The lowest BCUT2D eigenvalue weighted by Crippen LogP contribution is -2.36. The molecule has 0 saturated carbocycles. The minimum Gasteiger partial charge on any atom is -0.496 e. The van der Waals surface area contributed by atoms with Crippen LogP contribution in [-0.2, 0) is 24.3 Å². The van der Waals surface area contributed by atoms with Crippen molar-refractivity contribution in [3.8, 4) is 5.75 Å². The Morgan fingerprint density at radius 2 is 1.82 bits per heavy atom. The second-order valence-electron chi connectivity index (χ2n) is 9.24. The molecule has 4 aromatic rings. The van der Waals surface area contributed by atoms with Gasteiger partial charge in [-0.15, -0.1) is 0 Å². The maximum Gasteiger partial charge on any atom is 0.256 e. The number of amides is 2. The highest BCUT2D eigenvalue weighted by Crippen LogP contribution is 2.32. The third-order valence-electron chi connectivity index (χ3n) is 6.83. The summed E-state index contributed by atoms with van der Waals surface area (Å²) in [5, 5.41) is 0.626. The maximum absolute atomic E-state index is 14.2. The third kappa shape index (κ3) is 5.05. The van der Waals surface area contributed by atoms with Crippen LogP contribution in [0.1, 0.15) is 27.0 Å². The highest BCUT2D eigenvalue weighted by Gasteiger charge is 2.27. The zero-order valence-electron chi connectivity index (χ0n) is 21.3. The van der Waals surface area contributed by atoms with Gasteiger partial charge in [0.1, 0.15) is 12.3 Å². The van der Waals surface area contributed by atoms with Crippen LogP contribution in [0.2, 0.25) is 0 Å². The molecule has 0 aliphatic carbocycles. The second kappa shape index (κ2) is 11.2. The van der Waals surface area contributed by atoms with Crippen LogP contribution in [-0.4, -0.2) is 34.9 Å². The summed E-state index contributed by atoms with van der Waals surface area (Å²) >= 11 is 3.79. The van der Waals surface area contributed by atoms with Gasteiger partial charge in [-0.1, -0.05) is 28.1 Å². The fourth-order valence-corrected chi connectivity index (χ4v) is 5.88. The van der Waals surface area contributed by atoms with Crippen LogP contribution < -0.4 is 9.46 Å². The summed E-state index contributed by atoms with van der Waals surface area (Å²) in [5.41, 5.74) is 2.60. The number of fused-ring (bicyclic) bond motifs is 2. The molecule has 0 radical (unpaired) electrons. The van der Waals surface area contributed by atoms with Gasteiger partial charge in [-0.3, -0.25) is 14.3 Å². The molecular formula is C28H22BrF4N3O3S. The Hall–Kier alpha value is -3.51. The number of ether oxygens (including phenoxy) is 1. The fourth-order valence-electron chi connectivity index (χ4n) is 4.82. The second-order valence-corrected chi connectivity index (χ2v) is 11.0. The van der Waals surface area contributed by atoms with Gasteiger partial charge in [-0.2, -0.15) is 0 Å². The van der Waals surface area contributed by atoms with Gasteiger partial charge in [0.15, 0.2) is 23.3 Å². The molecule has 208 valence electrons. The van der Waals surface area contributed by atoms with Crippen LogP contribution in [0.4, 0.5) is 17.6 Å². The minimum absolute atomic E-state index is 0.208. The molecule has 2 heterocycles. The van der Waals surface area contributed by atoms with E-state index < -0.39 is 39.6 Å². The van der Waals surface area contributed by atoms with Crippen molar-refractivity contribution >= 4 is 50.6 Å². The number of halogens is 5. The third-order valence-corrected chi connectivity index (χ3v) is 8.34. The van der Waals surface area contributed by atoms with E-state index in [2.05, 4.69) is 20.7 Å². The first-order valence-electron chi connectivity index (χ1n) is 12.1. The molecule has 40 heavy (non-hydrogen) atoms. The van der Waals surface area contributed by atoms with Crippen molar-refractivity contribution in [3.05, 3.63) is 92.6 Å². The number of carbonyl (C=O) groups is 2. The minimum atomic E-state index is -1.95. The van der Waals surface area contributed by atoms with E-state index in [0.29, 0.717) is 47.9 Å². The Balaban J connectivity index is 1.38. The first kappa shape index (κ1) is 28.0. The van der Waals surface area contributed by atoms with E-state index >= 15 is 0 Å². The molecule has 3 aromatic carbocycles. The Bertz CT molecular complexity index is 1650. The van der Waals surface area contributed by atoms with Gasteiger partial charge in [0.05, 0.1) is 17.6 Å². The Labute approximate surface area is 239 Å². The Morgan fingerprint density at radius 3 is 2.58 bits per heavy atom. The highest BCUT2D eigenvalue weighted by atomic mass is 79.9. The number of nitrogens with one attached hydrogen (secondary N) is 1. The molecule has 1 N–H and O–H groups in total. The summed E-state index contributed by atoms with van der Waals surface area (Å²) in [6, 6.07) is 11.0. The molecular weight excluding hydrogens is 614 g/mol. The van der Waals surface area contributed by atoms with E-state index in [9.17, 15) is 27.2 Å². The van der Waals surface area contributed by atoms with E-state index in [1.54, 1.807) is 41.0 Å². The summed E-state index contributed by atoms with van der Waals surface area (Å²) < 4.78 is 65.4. The molecule has 1 aliphatic rings. The zero-order valence-corrected chi connectivity index (χ0v) is 23.7. The summed E-state index contributed by atoms with van der Waals surface area (Å²) in [7, 11) is 1.61. The number of hydrogen-bond acceptors (Lipinski definition) is 4. The number of hydrogen-bond donors (Lipinski definition) is 1. The molecule has 0 saturated heterocycles. The van der Waals surface area contributed by atoms with Gasteiger partial charge in [0, 0.05) is 45.8 Å². The first-order chi connectivity index (χ1) is 19.1. The van der Waals surface area contributed by atoms with Crippen LogP contribution in [0.15, 0.2) is 52.0 Å². The van der Waals surface area contributed by atoms with E-state index in [-0.39, 0.29) is 12.5 Å². The van der Waals surface area contributed by atoms with Crippen molar-refractivity contribution in [2.24, 2.45) is 0 Å². The molecule has 12 heteroatoms. The van der Waals surface area contributed by atoms with Gasteiger partial charge >= 0.3 is 0 Å². The lowest BCUT2D eigenvalue weighted by molar-refractivity contribution is -0.119. The van der Waals surface area contributed by atoms with Crippen molar-refractivity contribution in [2.45, 2.75) is 31.3 Å². The lowest BCUT2D eigenvalue weighted by Gasteiger charge is -2.29. The van der Waals surface area contributed by atoms with Crippen LogP contribution in [0.3, 0.4) is 0 Å². The van der Waals surface area contributed by atoms with Crippen LogP contribution in [0.5, 0.6) is 5.75 Å². The fraction of sp³-hybridized carbons (Fsp3) is 0.214.